The fourth-order valence-corrected chi connectivity index (χ4v) is 1.99. The number of carbonyl (C=O) groups excluding carboxylic acids is 1. The van der Waals surface area contributed by atoms with Gasteiger partial charge in [0.25, 0.3) is 0 Å². The second-order valence-electron chi connectivity index (χ2n) is 5.04. The first-order valence-corrected chi connectivity index (χ1v) is 6.09. The normalized spacial score (nSPS) is 13.6. The Kier molecular flexibility index (Phi) is 4.04. The summed E-state index contributed by atoms with van der Waals surface area (Å²) in [5.74, 6) is -0.0426. The molecule has 2 N–H and O–H groups in total. The van der Waals surface area contributed by atoms with Crippen LogP contribution in [0.5, 0.6) is 0 Å². The molecule has 1 unspecified atom stereocenters. The maximum Gasteiger partial charge on any atom is 0.226 e. The largest absolute Gasteiger partial charge is 0.387 e. The van der Waals surface area contributed by atoms with Gasteiger partial charge < -0.3 is 10.4 Å². The van der Waals surface area contributed by atoms with E-state index < -0.39 is 6.10 Å². The number of aliphatic hydroxyl groups excluding tert-OH is 1. The lowest BCUT2D eigenvalue weighted by atomic mass is 9.92. The molecule has 0 saturated heterocycles. The zero-order valence-corrected chi connectivity index (χ0v) is 10.9. The van der Waals surface area contributed by atoms with E-state index >= 15 is 0 Å². The van der Waals surface area contributed by atoms with Crippen LogP contribution in [0.25, 0.3) is 0 Å². The van der Waals surface area contributed by atoms with E-state index in [1.165, 1.54) is 11.3 Å². The smallest absolute Gasteiger partial charge is 0.226 e. The van der Waals surface area contributed by atoms with Crippen molar-refractivity contribution in [3.63, 3.8) is 0 Å². The number of nitrogens with one attached hydrogen (secondary N) is 1. The summed E-state index contributed by atoms with van der Waals surface area (Å²) in [4.78, 5) is 15.7. The number of aliphatic hydroxyl groups is 1. The van der Waals surface area contributed by atoms with Gasteiger partial charge >= 0.3 is 0 Å². The Hall–Kier alpha value is -0.940. The quantitative estimate of drug-likeness (QED) is 0.856. The van der Waals surface area contributed by atoms with Gasteiger partial charge in [0, 0.05) is 11.8 Å². The molecule has 0 bridgehead atoms. The predicted octanol–water partition coefficient (Wildman–Crippen LogP) is 2.57. The van der Waals surface area contributed by atoms with Gasteiger partial charge in [0.15, 0.2) is 5.13 Å². The molecule has 1 aromatic rings. The summed E-state index contributed by atoms with van der Waals surface area (Å²) in [5, 5.41) is 14.3. The van der Waals surface area contributed by atoms with Gasteiger partial charge in [-0.25, -0.2) is 4.98 Å². The molecule has 1 rings (SSSR count). The van der Waals surface area contributed by atoms with Crippen LogP contribution in [0.2, 0.25) is 0 Å². The van der Waals surface area contributed by atoms with Crippen molar-refractivity contribution in [2.24, 2.45) is 5.41 Å². The Bertz CT molecular complexity index is 366. The molecular weight excluding hydrogens is 224 g/mol. The Morgan fingerprint density at radius 3 is 2.69 bits per heavy atom. The highest BCUT2D eigenvalue weighted by atomic mass is 32.1. The van der Waals surface area contributed by atoms with Crippen LogP contribution in [0.4, 0.5) is 5.13 Å². The third-order valence-electron chi connectivity index (χ3n) is 1.89. The molecule has 1 atom stereocenters. The molecule has 0 aliphatic heterocycles. The third-order valence-corrected chi connectivity index (χ3v) is 2.66. The summed E-state index contributed by atoms with van der Waals surface area (Å²) in [7, 11) is 0. The number of anilines is 1. The molecule has 1 heterocycles. The molecule has 0 spiro atoms. The number of hydrogen-bond donors (Lipinski definition) is 2. The highest BCUT2D eigenvalue weighted by Gasteiger charge is 2.17. The summed E-state index contributed by atoms with van der Waals surface area (Å²) in [6, 6.07) is 0. The lowest BCUT2D eigenvalue weighted by molar-refractivity contribution is -0.117. The van der Waals surface area contributed by atoms with Crippen LogP contribution < -0.4 is 5.32 Å². The van der Waals surface area contributed by atoms with Crippen LogP contribution >= 0.6 is 11.3 Å². The van der Waals surface area contributed by atoms with Gasteiger partial charge in [-0.3, -0.25) is 4.79 Å². The van der Waals surface area contributed by atoms with Gasteiger partial charge in [-0.15, -0.1) is 11.3 Å². The molecule has 0 fully saturated rings. The molecular formula is C11H18N2O2S. The minimum atomic E-state index is -0.593. The van der Waals surface area contributed by atoms with Crippen molar-refractivity contribution < 1.29 is 9.90 Å². The minimum absolute atomic E-state index is 0.0333. The number of thiazole rings is 1. The molecule has 5 heteroatoms. The fraction of sp³-hybridized carbons (Fsp3) is 0.636. The number of amides is 1. The molecule has 0 aliphatic rings. The van der Waals surface area contributed by atoms with Crippen LogP contribution in [0.3, 0.4) is 0 Å². The van der Waals surface area contributed by atoms with Crippen molar-refractivity contribution in [2.45, 2.75) is 40.2 Å². The highest BCUT2D eigenvalue weighted by Crippen LogP contribution is 2.23. The lowest BCUT2D eigenvalue weighted by Crippen LogP contribution is -2.19. The third kappa shape index (κ3) is 4.28. The van der Waals surface area contributed by atoms with Gasteiger partial charge in [-0.1, -0.05) is 20.8 Å². The van der Waals surface area contributed by atoms with E-state index in [0.29, 0.717) is 17.2 Å². The zero-order chi connectivity index (χ0) is 12.3. The number of rotatable bonds is 3. The van der Waals surface area contributed by atoms with Crippen molar-refractivity contribution in [1.29, 1.82) is 0 Å². The number of carbonyl (C=O) groups is 1. The van der Waals surface area contributed by atoms with Crippen molar-refractivity contribution in [3.8, 4) is 0 Å². The molecule has 1 aromatic heterocycles. The summed E-state index contributed by atoms with van der Waals surface area (Å²) in [6.45, 7) is 7.68. The Morgan fingerprint density at radius 1 is 1.62 bits per heavy atom. The summed E-state index contributed by atoms with van der Waals surface area (Å²) >= 11 is 1.33. The van der Waals surface area contributed by atoms with Crippen molar-refractivity contribution >= 4 is 22.4 Å². The van der Waals surface area contributed by atoms with Crippen LogP contribution in [0.1, 0.15) is 45.9 Å². The van der Waals surface area contributed by atoms with Crippen LogP contribution in [0.15, 0.2) is 5.38 Å². The van der Waals surface area contributed by atoms with Gasteiger partial charge in [0.05, 0.1) is 11.8 Å². The van der Waals surface area contributed by atoms with E-state index in [1.807, 2.05) is 20.8 Å². The fourth-order valence-electron chi connectivity index (χ4n) is 1.18. The van der Waals surface area contributed by atoms with Crippen LogP contribution in [-0.4, -0.2) is 16.0 Å². The predicted molar refractivity (Wildman–Crippen MR) is 65.4 cm³/mol. The standard InChI is InChI=1S/C11H18N2O2S/c1-7(14)8-6-16-10(12-8)13-9(15)5-11(2,3)4/h6-7,14H,5H2,1-4H3,(H,12,13,15). The van der Waals surface area contributed by atoms with Crippen LogP contribution in [0, 0.1) is 5.41 Å². The Labute approximate surface area is 99.7 Å². The second kappa shape index (κ2) is 4.93. The van der Waals surface area contributed by atoms with Gasteiger partial charge in [-0.2, -0.15) is 0 Å². The van der Waals surface area contributed by atoms with E-state index in [2.05, 4.69) is 10.3 Å². The average Bonchev–Trinajstić information content (AvgIpc) is 2.48. The molecule has 1 amide bonds. The molecule has 0 saturated carbocycles. The minimum Gasteiger partial charge on any atom is -0.387 e. The lowest BCUT2D eigenvalue weighted by Gasteiger charge is -2.16. The maximum absolute atomic E-state index is 11.6. The van der Waals surface area contributed by atoms with Gasteiger partial charge in [-0.05, 0) is 12.3 Å². The van der Waals surface area contributed by atoms with E-state index in [9.17, 15) is 9.90 Å². The van der Waals surface area contributed by atoms with E-state index in [0.717, 1.165) is 0 Å². The average molecular weight is 242 g/mol. The van der Waals surface area contributed by atoms with Crippen molar-refractivity contribution in [1.82, 2.24) is 4.98 Å². The first kappa shape index (κ1) is 13.1. The number of aromatic nitrogens is 1. The molecule has 16 heavy (non-hydrogen) atoms. The highest BCUT2D eigenvalue weighted by molar-refractivity contribution is 7.13. The topological polar surface area (TPSA) is 62.2 Å². The van der Waals surface area contributed by atoms with Gasteiger partial charge in [0.1, 0.15) is 0 Å². The molecule has 0 radical (unpaired) electrons. The van der Waals surface area contributed by atoms with E-state index in [4.69, 9.17) is 0 Å². The first-order valence-electron chi connectivity index (χ1n) is 5.21. The van der Waals surface area contributed by atoms with E-state index in [-0.39, 0.29) is 11.3 Å². The Balaban J connectivity index is 2.57. The summed E-state index contributed by atoms with van der Waals surface area (Å²) < 4.78 is 0. The molecule has 0 aliphatic carbocycles. The number of nitrogens with zero attached hydrogens (tertiary/aromatic N) is 1. The SMILES string of the molecule is CC(O)c1csc(NC(=O)CC(C)(C)C)n1. The monoisotopic (exact) mass is 242 g/mol. The summed E-state index contributed by atoms with van der Waals surface area (Å²) in [6.07, 6.45) is -0.138. The molecule has 0 aromatic carbocycles. The first-order chi connectivity index (χ1) is 7.28. The van der Waals surface area contributed by atoms with E-state index in [1.54, 1.807) is 12.3 Å². The number of hydrogen-bond acceptors (Lipinski definition) is 4. The van der Waals surface area contributed by atoms with Gasteiger partial charge in [0.2, 0.25) is 5.91 Å². The molecule has 4 nitrogen and oxygen atoms in total. The summed E-state index contributed by atoms with van der Waals surface area (Å²) in [5.41, 5.74) is 0.560. The van der Waals surface area contributed by atoms with Crippen molar-refractivity contribution in [2.75, 3.05) is 5.32 Å². The second-order valence-corrected chi connectivity index (χ2v) is 5.90. The van der Waals surface area contributed by atoms with Crippen molar-refractivity contribution in [3.05, 3.63) is 11.1 Å². The Morgan fingerprint density at radius 2 is 2.25 bits per heavy atom. The molecule has 90 valence electrons. The maximum atomic E-state index is 11.6. The zero-order valence-electron chi connectivity index (χ0n) is 10.1. The van der Waals surface area contributed by atoms with Crippen LogP contribution in [-0.2, 0) is 4.79 Å².